The monoisotopic (exact) mass is 353 g/mol. The zero-order valence-electron chi connectivity index (χ0n) is 15.1. The zero-order valence-corrected chi connectivity index (χ0v) is 15.1. The van der Waals surface area contributed by atoms with Crippen molar-refractivity contribution in [2.45, 2.75) is 39.8 Å². The van der Waals surface area contributed by atoms with Crippen LogP contribution in [0.5, 0.6) is 0 Å². The van der Waals surface area contributed by atoms with Crippen molar-refractivity contribution in [1.82, 2.24) is 24.6 Å². The topological polar surface area (TPSA) is 81.8 Å². The van der Waals surface area contributed by atoms with Gasteiger partial charge in [0.1, 0.15) is 11.7 Å². The number of rotatable bonds is 7. The first kappa shape index (κ1) is 17.8. The molecule has 2 aromatic heterocycles. The van der Waals surface area contributed by atoms with Gasteiger partial charge in [-0.05, 0) is 18.9 Å². The van der Waals surface area contributed by atoms with Gasteiger partial charge >= 0.3 is 0 Å². The Balaban J connectivity index is 1.76. The number of carbonyl (C=O) groups is 1. The highest BCUT2D eigenvalue weighted by atomic mass is 16.1. The maximum Gasteiger partial charge on any atom is 0.264 e. The first-order chi connectivity index (χ1) is 12.6. The number of hydrogen-bond acceptors (Lipinski definition) is 4. The fourth-order valence-electron chi connectivity index (χ4n) is 2.90. The largest absolute Gasteiger partial charge is 0.354 e. The lowest BCUT2D eigenvalue weighted by molar-refractivity contribution is -0.121. The number of aromatic nitrogens is 4. The number of nitrogens with zero attached hydrogens (tertiary/aromatic N) is 4. The smallest absolute Gasteiger partial charge is 0.264 e. The summed E-state index contributed by atoms with van der Waals surface area (Å²) < 4.78 is 3.24. The average molecular weight is 353 g/mol. The Labute approximate surface area is 151 Å². The lowest BCUT2D eigenvalue weighted by Gasteiger charge is -2.08. The molecule has 1 N–H and O–H groups in total. The van der Waals surface area contributed by atoms with Crippen molar-refractivity contribution < 1.29 is 4.79 Å². The lowest BCUT2D eigenvalue weighted by Crippen LogP contribution is -2.27. The summed E-state index contributed by atoms with van der Waals surface area (Å²) in [6, 6.07) is 8.05. The molecule has 0 aliphatic carbocycles. The molecule has 0 atom stereocenters. The molecular formula is C19H23N5O2. The molecule has 0 saturated heterocycles. The van der Waals surface area contributed by atoms with Crippen LogP contribution in [0.2, 0.25) is 0 Å². The maximum atomic E-state index is 12.7. The predicted molar refractivity (Wildman–Crippen MR) is 100.0 cm³/mol. The average Bonchev–Trinajstić information content (AvgIpc) is 3.02. The van der Waals surface area contributed by atoms with E-state index in [1.807, 2.05) is 32.0 Å². The summed E-state index contributed by atoms with van der Waals surface area (Å²) in [7, 11) is 0. The quantitative estimate of drug-likeness (QED) is 0.703. The molecule has 1 amide bonds. The highest BCUT2D eigenvalue weighted by Gasteiger charge is 2.10. The molecular weight excluding hydrogens is 330 g/mol. The normalized spacial score (nSPS) is 11.0. The molecule has 0 radical (unpaired) electrons. The summed E-state index contributed by atoms with van der Waals surface area (Å²) in [6.45, 7) is 5.40. The summed E-state index contributed by atoms with van der Waals surface area (Å²) in [5.41, 5.74) is 2.64. The van der Waals surface area contributed by atoms with Crippen LogP contribution in [0.15, 0.2) is 41.6 Å². The van der Waals surface area contributed by atoms with Crippen molar-refractivity contribution in [2.75, 3.05) is 6.54 Å². The van der Waals surface area contributed by atoms with Gasteiger partial charge < -0.3 is 5.32 Å². The van der Waals surface area contributed by atoms with E-state index in [1.165, 1.54) is 0 Å². The van der Waals surface area contributed by atoms with Gasteiger partial charge in [-0.25, -0.2) is 9.67 Å². The third kappa shape index (κ3) is 3.99. The summed E-state index contributed by atoms with van der Waals surface area (Å²) >= 11 is 0. The standard InChI is InChI=1S/C19H23N5O2/c1-3-5-17(25)20-8-9-24-18-16(11-22-24)19(26)23(13-21-18)12-15-7-4-6-14(2)10-15/h4,6-7,10-11,13H,3,5,8-9,12H2,1-2H3,(H,20,25). The van der Waals surface area contributed by atoms with E-state index in [4.69, 9.17) is 0 Å². The summed E-state index contributed by atoms with van der Waals surface area (Å²) in [4.78, 5) is 28.6. The van der Waals surface area contributed by atoms with Gasteiger partial charge in [-0.15, -0.1) is 0 Å². The van der Waals surface area contributed by atoms with E-state index in [-0.39, 0.29) is 11.5 Å². The Morgan fingerprint density at radius 3 is 2.92 bits per heavy atom. The molecule has 26 heavy (non-hydrogen) atoms. The van der Waals surface area contributed by atoms with Gasteiger partial charge in [0.2, 0.25) is 5.91 Å². The second-order valence-electron chi connectivity index (χ2n) is 6.37. The number of hydrogen-bond donors (Lipinski definition) is 1. The number of fused-ring (bicyclic) bond motifs is 1. The van der Waals surface area contributed by atoms with E-state index in [1.54, 1.807) is 21.8 Å². The molecule has 0 unspecified atom stereocenters. The lowest BCUT2D eigenvalue weighted by atomic mass is 10.1. The first-order valence-electron chi connectivity index (χ1n) is 8.81. The van der Waals surface area contributed by atoms with E-state index in [2.05, 4.69) is 21.5 Å². The van der Waals surface area contributed by atoms with Crippen molar-refractivity contribution in [3.8, 4) is 0 Å². The Kier molecular flexibility index (Phi) is 5.46. The SMILES string of the molecule is CCCC(=O)NCCn1ncc2c(=O)n(Cc3cccc(C)c3)cnc21. The van der Waals surface area contributed by atoms with Crippen molar-refractivity contribution in [1.29, 1.82) is 0 Å². The second kappa shape index (κ2) is 7.95. The van der Waals surface area contributed by atoms with Crippen LogP contribution >= 0.6 is 0 Å². The minimum atomic E-state index is -0.113. The van der Waals surface area contributed by atoms with Crippen LogP contribution in [0.4, 0.5) is 0 Å². The molecule has 0 spiro atoms. The number of carbonyl (C=O) groups excluding carboxylic acids is 1. The van der Waals surface area contributed by atoms with E-state index in [0.29, 0.717) is 37.1 Å². The van der Waals surface area contributed by atoms with E-state index in [0.717, 1.165) is 17.5 Å². The molecule has 136 valence electrons. The van der Waals surface area contributed by atoms with Crippen LogP contribution in [0, 0.1) is 6.92 Å². The third-order valence-electron chi connectivity index (χ3n) is 4.18. The Morgan fingerprint density at radius 2 is 2.15 bits per heavy atom. The number of benzene rings is 1. The molecule has 0 bridgehead atoms. The van der Waals surface area contributed by atoms with Crippen molar-refractivity contribution in [3.63, 3.8) is 0 Å². The van der Waals surface area contributed by atoms with Crippen LogP contribution in [-0.4, -0.2) is 31.8 Å². The minimum Gasteiger partial charge on any atom is -0.354 e. The predicted octanol–water partition coefficient (Wildman–Crippen LogP) is 1.87. The van der Waals surface area contributed by atoms with Crippen molar-refractivity contribution in [2.24, 2.45) is 0 Å². The Hall–Kier alpha value is -2.96. The molecule has 2 heterocycles. The Morgan fingerprint density at radius 1 is 1.31 bits per heavy atom. The van der Waals surface area contributed by atoms with Crippen LogP contribution in [0.1, 0.15) is 30.9 Å². The first-order valence-corrected chi connectivity index (χ1v) is 8.81. The van der Waals surface area contributed by atoms with Crippen LogP contribution < -0.4 is 10.9 Å². The van der Waals surface area contributed by atoms with Gasteiger partial charge in [-0.2, -0.15) is 5.10 Å². The fourth-order valence-corrected chi connectivity index (χ4v) is 2.90. The number of amides is 1. The summed E-state index contributed by atoms with van der Waals surface area (Å²) in [5, 5.41) is 7.58. The number of nitrogens with one attached hydrogen (secondary N) is 1. The van der Waals surface area contributed by atoms with E-state index >= 15 is 0 Å². The molecule has 0 fully saturated rings. The highest BCUT2D eigenvalue weighted by Crippen LogP contribution is 2.08. The van der Waals surface area contributed by atoms with Gasteiger partial charge in [-0.3, -0.25) is 14.2 Å². The van der Waals surface area contributed by atoms with Gasteiger partial charge in [0.25, 0.3) is 5.56 Å². The minimum absolute atomic E-state index is 0.0254. The van der Waals surface area contributed by atoms with Gasteiger partial charge in [0, 0.05) is 13.0 Å². The Bertz CT molecular complexity index is 973. The van der Waals surface area contributed by atoms with E-state index in [9.17, 15) is 9.59 Å². The van der Waals surface area contributed by atoms with Crippen LogP contribution in [0.3, 0.4) is 0 Å². The molecule has 7 nitrogen and oxygen atoms in total. The van der Waals surface area contributed by atoms with Crippen LogP contribution in [-0.2, 0) is 17.9 Å². The van der Waals surface area contributed by atoms with Gasteiger partial charge in [0.15, 0.2) is 5.65 Å². The van der Waals surface area contributed by atoms with Crippen molar-refractivity contribution in [3.05, 3.63) is 58.3 Å². The molecule has 0 aliphatic rings. The van der Waals surface area contributed by atoms with Gasteiger partial charge in [0.05, 0.1) is 19.3 Å². The summed E-state index contributed by atoms with van der Waals surface area (Å²) in [5.74, 6) is 0.0254. The molecule has 1 aromatic carbocycles. The van der Waals surface area contributed by atoms with Crippen LogP contribution in [0.25, 0.3) is 11.0 Å². The molecule has 3 aromatic rings. The maximum absolute atomic E-state index is 12.7. The number of aryl methyl sites for hydroxylation is 1. The van der Waals surface area contributed by atoms with Gasteiger partial charge in [-0.1, -0.05) is 36.8 Å². The third-order valence-corrected chi connectivity index (χ3v) is 4.18. The fraction of sp³-hybridized carbons (Fsp3) is 0.368. The zero-order chi connectivity index (χ0) is 18.5. The summed E-state index contributed by atoms with van der Waals surface area (Å²) in [6.07, 6.45) is 4.44. The van der Waals surface area contributed by atoms with E-state index < -0.39 is 0 Å². The molecule has 7 heteroatoms. The highest BCUT2D eigenvalue weighted by molar-refractivity contribution is 5.75. The molecule has 0 saturated carbocycles. The molecule has 3 rings (SSSR count). The van der Waals surface area contributed by atoms with Crippen molar-refractivity contribution >= 4 is 16.9 Å². The second-order valence-corrected chi connectivity index (χ2v) is 6.37. The molecule has 0 aliphatic heterocycles.